The van der Waals surface area contributed by atoms with E-state index in [0.29, 0.717) is 22.1 Å². The fraction of sp³-hybridized carbons (Fsp3) is 0.200. The zero-order valence-corrected chi connectivity index (χ0v) is 17.9. The first kappa shape index (κ1) is 20.8. The number of likely N-dealkylation sites (N-methyl/N-ethyl adjacent to an activating group) is 1. The van der Waals surface area contributed by atoms with Crippen LogP contribution >= 0.6 is 11.3 Å². The zero-order chi connectivity index (χ0) is 21.0. The number of hydrogen-bond donors (Lipinski definition) is 1. The van der Waals surface area contributed by atoms with Gasteiger partial charge in [0.25, 0.3) is 15.9 Å². The molecular formula is C20H21N3O4S2. The van der Waals surface area contributed by atoms with Crippen molar-refractivity contribution in [2.75, 3.05) is 25.4 Å². The van der Waals surface area contributed by atoms with Crippen LogP contribution in [0.15, 0.2) is 58.8 Å². The Morgan fingerprint density at radius 2 is 1.90 bits per heavy atom. The Labute approximate surface area is 174 Å². The van der Waals surface area contributed by atoms with Crippen molar-refractivity contribution < 1.29 is 17.9 Å². The number of carbonyl (C=O) groups is 1. The van der Waals surface area contributed by atoms with E-state index in [0.717, 1.165) is 5.56 Å². The Balaban J connectivity index is 1.74. The monoisotopic (exact) mass is 431 g/mol. The SMILES string of the molecule is Cc1cc(S(=O)(=O)Nc2nc(-c3ccccc3)cs2)ccc1OCC(=O)N(C)C. The minimum Gasteiger partial charge on any atom is -0.483 e. The summed E-state index contributed by atoms with van der Waals surface area (Å²) >= 11 is 1.22. The number of thiazole rings is 1. The first-order valence-corrected chi connectivity index (χ1v) is 11.1. The van der Waals surface area contributed by atoms with Crippen LogP contribution in [-0.4, -0.2) is 44.9 Å². The number of nitrogens with one attached hydrogen (secondary N) is 1. The lowest BCUT2D eigenvalue weighted by molar-refractivity contribution is -0.130. The molecule has 1 N–H and O–H groups in total. The topological polar surface area (TPSA) is 88.6 Å². The van der Waals surface area contributed by atoms with Crippen LogP contribution in [0.25, 0.3) is 11.3 Å². The second-order valence-corrected chi connectivity index (χ2v) is 9.05. The minimum absolute atomic E-state index is 0.0951. The third-order valence-electron chi connectivity index (χ3n) is 4.10. The molecule has 7 nitrogen and oxygen atoms in total. The van der Waals surface area contributed by atoms with E-state index < -0.39 is 10.0 Å². The fourth-order valence-electron chi connectivity index (χ4n) is 2.46. The van der Waals surface area contributed by atoms with Crippen molar-refractivity contribution in [1.82, 2.24) is 9.88 Å². The van der Waals surface area contributed by atoms with Gasteiger partial charge in [0.2, 0.25) is 0 Å². The molecule has 1 heterocycles. The number of carbonyl (C=O) groups excluding carboxylic acids is 1. The third-order valence-corrected chi connectivity index (χ3v) is 6.33. The van der Waals surface area contributed by atoms with Crippen molar-refractivity contribution in [2.24, 2.45) is 0 Å². The molecule has 0 aliphatic carbocycles. The van der Waals surface area contributed by atoms with Gasteiger partial charge in [-0.1, -0.05) is 30.3 Å². The molecule has 2 aromatic carbocycles. The summed E-state index contributed by atoms with van der Waals surface area (Å²) in [5.74, 6) is 0.278. The van der Waals surface area contributed by atoms with Gasteiger partial charge in [-0.2, -0.15) is 0 Å². The summed E-state index contributed by atoms with van der Waals surface area (Å²) in [6, 6.07) is 14.0. The number of anilines is 1. The van der Waals surface area contributed by atoms with Gasteiger partial charge >= 0.3 is 0 Å². The number of aryl methyl sites for hydroxylation is 1. The molecule has 152 valence electrons. The summed E-state index contributed by atoms with van der Waals surface area (Å²) in [5, 5.41) is 2.09. The molecule has 3 rings (SSSR count). The maximum Gasteiger partial charge on any atom is 0.263 e. The van der Waals surface area contributed by atoms with Crippen LogP contribution in [0.1, 0.15) is 5.56 Å². The van der Waals surface area contributed by atoms with Crippen LogP contribution in [0.4, 0.5) is 5.13 Å². The number of ether oxygens (including phenoxy) is 1. The summed E-state index contributed by atoms with van der Waals surface area (Å²) in [6.45, 7) is 1.62. The molecule has 0 unspecified atom stereocenters. The lowest BCUT2D eigenvalue weighted by Crippen LogP contribution is -2.27. The van der Waals surface area contributed by atoms with Gasteiger partial charge in [0.15, 0.2) is 11.7 Å². The van der Waals surface area contributed by atoms with Gasteiger partial charge in [-0.3, -0.25) is 9.52 Å². The average Bonchev–Trinajstić information content (AvgIpc) is 3.15. The van der Waals surface area contributed by atoms with Crippen molar-refractivity contribution in [1.29, 1.82) is 0 Å². The fourth-order valence-corrected chi connectivity index (χ4v) is 4.51. The van der Waals surface area contributed by atoms with E-state index in [-0.39, 0.29) is 17.4 Å². The van der Waals surface area contributed by atoms with Crippen LogP contribution in [0.3, 0.4) is 0 Å². The molecule has 1 aromatic heterocycles. The smallest absolute Gasteiger partial charge is 0.263 e. The van der Waals surface area contributed by atoms with E-state index in [2.05, 4.69) is 9.71 Å². The second-order valence-electron chi connectivity index (χ2n) is 6.51. The van der Waals surface area contributed by atoms with Crippen LogP contribution in [0, 0.1) is 6.92 Å². The summed E-state index contributed by atoms with van der Waals surface area (Å²) in [6.07, 6.45) is 0. The number of hydrogen-bond acceptors (Lipinski definition) is 6. The van der Waals surface area contributed by atoms with Crippen LogP contribution in [0.5, 0.6) is 5.75 Å². The highest BCUT2D eigenvalue weighted by atomic mass is 32.2. The molecule has 9 heteroatoms. The standard InChI is InChI=1S/C20H21N3O4S2/c1-14-11-16(9-10-18(14)27-12-19(24)23(2)3)29(25,26)22-20-21-17(13-28-20)15-7-5-4-6-8-15/h4-11,13H,12H2,1-3H3,(H,21,22). The van der Waals surface area contributed by atoms with E-state index in [9.17, 15) is 13.2 Å². The molecule has 3 aromatic rings. The van der Waals surface area contributed by atoms with Gasteiger partial charge in [0, 0.05) is 25.0 Å². The Morgan fingerprint density at radius 3 is 2.55 bits per heavy atom. The lowest BCUT2D eigenvalue weighted by Gasteiger charge is -2.13. The van der Waals surface area contributed by atoms with Crippen molar-refractivity contribution in [3.05, 3.63) is 59.5 Å². The summed E-state index contributed by atoms with van der Waals surface area (Å²) < 4.78 is 33.4. The predicted octanol–water partition coefficient (Wildman–Crippen LogP) is 3.39. The molecule has 0 spiro atoms. The van der Waals surface area contributed by atoms with Gasteiger partial charge in [-0.05, 0) is 30.7 Å². The zero-order valence-electron chi connectivity index (χ0n) is 16.2. The van der Waals surface area contributed by atoms with E-state index in [4.69, 9.17) is 4.74 Å². The van der Waals surface area contributed by atoms with Crippen LogP contribution in [-0.2, 0) is 14.8 Å². The molecule has 0 aliphatic heterocycles. The quantitative estimate of drug-likeness (QED) is 0.619. The highest BCUT2D eigenvalue weighted by Crippen LogP contribution is 2.28. The van der Waals surface area contributed by atoms with Gasteiger partial charge in [0.05, 0.1) is 10.6 Å². The van der Waals surface area contributed by atoms with Crippen molar-refractivity contribution in [2.45, 2.75) is 11.8 Å². The van der Waals surface area contributed by atoms with Crippen LogP contribution in [0.2, 0.25) is 0 Å². The predicted molar refractivity (Wildman–Crippen MR) is 114 cm³/mol. The molecule has 1 amide bonds. The highest BCUT2D eigenvalue weighted by Gasteiger charge is 2.18. The van der Waals surface area contributed by atoms with Crippen molar-refractivity contribution in [3.8, 4) is 17.0 Å². The highest BCUT2D eigenvalue weighted by molar-refractivity contribution is 7.93. The molecule has 0 atom stereocenters. The molecule has 0 saturated heterocycles. The molecule has 0 saturated carbocycles. The lowest BCUT2D eigenvalue weighted by atomic mass is 10.2. The second kappa shape index (κ2) is 8.62. The normalized spacial score (nSPS) is 11.1. The van der Waals surface area contributed by atoms with Crippen LogP contribution < -0.4 is 9.46 Å². The van der Waals surface area contributed by atoms with Gasteiger partial charge < -0.3 is 9.64 Å². The number of nitrogens with zero attached hydrogens (tertiary/aromatic N) is 2. The van der Waals surface area contributed by atoms with Crippen molar-refractivity contribution >= 4 is 32.4 Å². The summed E-state index contributed by atoms with van der Waals surface area (Å²) in [7, 11) is -0.518. The molecule has 0 bridgehead atoms. The maximum absolute atomic E-state index is 12.7. The Morgan fingerprint density at radius 1 is 1.17 bits per heavy atom. The van der Waals surface area contributed by atoms with E-state index in [1.165, 1.54) is 28.4 Å². The van der Waals surface area contributed by atoms with E-state index >= 15 is 0 Å². The first-order valence-electron chi connectivity index (χ1n) is 8.73. The number of aromatic nitrogens is 1. The number of rotatable bonds is 7. The third kappa shape index (κ3) is 5.12. The summed E-state index contributed by atoms with van der Waals surface area (Å²) in [4.78, 5) is 17.5. The molecular weight excluding hydrogens is 410 g/mol. The Kier molecular flexibility index (Phi) is 6.19. The van der Waals surface area contributed by atoms with Crippen molar-refractivity contribution in [3.63, 3.8) is 0 Å². The Bertz CT molecular complexity index is 1110. The molecule has 29 heavy (non-hydrogen) atoms. The van der Waals surface area contributed by atoms with E-state index in [1.54, 1.807) is 32.5 Å². The van der Waals surface area contributed by atoms with Gasteiger partial charge in [-0.15, -0.1) is 11.3 Å². The minimum atomic E-state index is -3.80. The largest absolute Gasteiger partial charge is 0.483 e. The van der Waals surface area contributed by atoms with Gasteiger partial charge in [0.1, 0.15) is 5.75 Å². The average molecular weight is 432 g/mol. The number of benzene rings is 2. The van der Waals surface area contributed by atoms with E-state index in [1.807, 2.05) is 30.3 Å². The van der Waals surface area contributed by atoms with Gasteiger partial charge in [-0.25, -0.2) is 13.4 Å². The molecule has 0 radical (unpaired) electrons. The Hall–Kier alpha value is -2.91. The maximum atomic E-state index is 12.7. The summed E-state index contributed by atoms with van der Waals surface area (Å²) in [5.41, 5.74) is 2.24. The number of sulfonamides is 1. The number of amides is 1. The first-order chi connectivity index (χ1) is 13.8. The molecule has 0 aliphatic rings. The molecule has 0 fully saturated rings.